The zero-order valence-corrected chi connectivity index (χ0v) is 9.82. The Balaban J connectivity index is 2.88. The van der Waals surface area contributed by atoms with Gasteiger partial charge < -0.3 is 0 Å². The van der Waals surface area contributed by atoms with Crippen molar-refractivity contribution in [2.24, 2.45) is 0 Å². The lowest BCUT2D eigenvalue weighted by Crippen LogP contribution is -2.08. The van der Waals surface area contributed by atoms with E-state index in [-0.39, 0.29) is 11.5 Å². The highest BCUT2D eigenvalue weighted by Crippen LogP contribution is 2.31. The number of halogens is 2. The largest absolute Gasteiger partial charge is 0.293 e. The summed E-state index contributed by atoms with van der Waals surface area (Å²) in [6.45, 7) is 0. The van der Waals surface area contributed by atoms with E-state index in [2.05, 4.69) is 0 Å². The first-order valence-corrected chi connectivity index (χ1v) is 6.58. The average molecular weight is 257 g/mol. The van der Waals surface area contributed by atoms with Gasteiger partial charge in [0.1, 0.15) is 4.34 Å². The molecule has 1 unspecified atom stereocenters. The van der Waals surface area contributed by atoms with Crippen molar-refractivity contribution in [3.8, 4) is 0 Å². The lowest BCUT2D eigenvalue weighted by molar-refractivity contribution is 0.102. The lowest BCUT2D eigenvalue weighted by atomic mass is 10.2. The summed E-state index contributed by atoms with van der Waals surface area (Å²) in [4.78, 5) is 11.4. The van der Waals surface area contributed by atoms with Gasteiger partial charge in [0.25, 0.3) is 0 Å². The van der Waals surface area contributed by atoms with Crippen LogP contribution >= 0.6 is 34.5 Å². The molecule has 1 aromatic heterocycles. The molecule has 0 fully saturated rings. The Labute approximate surface area is 92.3 Å². The van der Waals surface area contributed by atoms with Gasteiger partial charge in [0.15, 0.2) is 5.78 Å². The maximum atomic E-state index is 11.4. The Morgan fingerprint density at radius 3 is 2.62 bits per heavy atom. The average Bonchev–Trinajstić information content (AvgIpc) is 2.28. The fraction of sp³-hybridized carbons (Fsp3) is 0.286. The third-order valence-electron chi connectivity index (χ3n) is 1.29. The molecule has 0 aromatic carbocycles. The first kappa shape index (κ1) is 11.2. The van der Waals surface area contributed by atoms with Gasteiger partial charge in [-0.2, -0.15) is 0 Å². The Kier molecular flexibility index (Phi) is 3.91. The van der Waals surface area contributed by atoms with Crippen LogP contribution in [0.2, 0.25) is 8.67 Å². The second kappa shape index (κ2) is 4.55. The lowest BCUT2D eigenvalue weighted by Gasteiger charge is -1.94. The molecule has 1 rings (SSSR count). The monoisotopic (exact) mass is 256 g/mol. The number of ketones is 1. The molecule has 0 spiro atoms. The molecule has 6 heteroatoms. The summed E-state index contributed by atoms with van der Waals surface area (Å²) in [6.07, 6.45) is 1.47. The number of rotatable bonds is 3. The third-order valence-corrected chi connectivity index (χ3v) is 3.45. The molecule has 1 heterocycles. The molecule has 0 amide bonds. The minimum atomic E-state index is -1.14. The molecular formula is C7H6Cl2O2S2. The van der Waals surface area contributed by atoms with Gasteiger partial charge in [-0.15, -0.1) is 11.3 Å². The van der Waals surface area contributed by atoms with Gasteiger partial charge in [0.05, 0.1) is 10.1 Å². The minimum absolute atomic E-state index is 0.00716. The first-order valence-electron chi connectivity index (χ1n) is 3.28. The van der Waals surface area contributed by atoms with E-state index in [0.717, 1.165) is 11.3 Å². The normalized spacial score (nSPS) is 12.8. The van der Waals surface area contributed by atoms with Crippen molar-refractivity contribution in [3.05, 3.63) is 20.3 Å². The zero-order valence-electron chi connectivity index (χ0n) is 6.67. The molecular weight excluding hydrogens is 251 g/mol. The summed E-state index contributed by atoms with van der Waals surface area (Å²) in [5.41, 5.74) is 0.367. The van der Waals surface area contributed by atoms with Crippen molar-refractivity contribution in [3.63, 3.8) is 0 Å². The number of carbonyl (C=O) groups excluding carboxylic acids is 1. The van der Waals surface area contributed by atoms with E-state index < -0.39 is 10.8 Å². The molecule has 0 N–H and O–H groups in total. The molecule has 0 aliphatic rings. The second-order valence-corrected chi connectivity index (χ2v) is 6.10. The van der Waals surface area contributed by atoms with Crippen LogP contribution in [-0.4, -0.2) is 22.0 Å². The van der Waals surface area contributed by atoms with Gasteiger partial charge in [-0.05, 0) is 6.07 Å². The third kappa shape index (κ3) is 3.06. The van der Waals surface area contributed by atoms with Gasteiger partial charge in [-0.1, -0.05) is 23.2 Å². The molecule has 2 nitrogen and oxygen atoms in total. The van der Waals surface area contributed by atoms with Crippen molar-refractivity contribution in [2.75, 3.05) is 12.0 Å². The van der Waals surface area contributed by atoms with E-state index in [1.165, 1.54) is 12.3 Å². The molecule has 0 aliphatic heterocycles. The van der Waals surface area contributed by atoms with E-state index in [1.54, 1.807) is 0 Å². The Bertz CT molecular complexity index is 359. The standard InChI is InChI=1S/C7H6Cl2O2S2/c1-13(11)3-5(10)4-2-6(8)12-7(4)9/h2H,3H2,1H3. The number of thiophene rings is 1. The van der Waals surface area contributed by atoms with Crippen molar-refractivity contribution in [1.29, 1.82) is 0 Å². The molecule has 1 aromatic rings. The highest BCUT2D eigenvalue weighted by atomic mass is 35.5. The topological polar surface area (TPSA) is 34.1 Å². The summed E-state index contributed by atoms with van der Waals surface area (Å²) < 4.78 is 11.6. The number of hydrogen-bond acceptors (Lipinski definition) is 3. The van der Waals surface area contributed by atoms with Gasteiger partial charge >= 0.3 is 0 Å². The van der Waals surface area contributed by atoms with Gasteiger partial charge in [0.2, 0.25) is 0 Å². The molecule has 0 saturated heterocycles. The highest BCUT2D eigenvalue weighted by Gasteiger charge is 2.14. The van der Waals surface area contributed by atoms with Crippen LogP contribution in [0.25, 0.3) is 0 Å². The maximum absolute atomic E-state index is 11.4. The quantitative estimate of drug-likeness (QED) is 0.780. The van der Waals surface area contributed by atoms with Crippen molar-refractivity contribution < 1.29 is 9.00 Å². The van der Waals surface area contributed by atoms with Crippen LogP contribution in [0.15, 0.2) is 6.07 Å². The number of hydrogen-bond donors (Lipinski definition) is 0. The van der Waals surface area contributed by atoms with E-state index in [4.69, 9.17) is 23.2 Å². The number of Topliss-reactive ketones (excluding diaryl/α,β-unsaturated/α-hetero) is 1. The predicted molar refractivity (Wildman–Crippen MR) is 57.6 cm³/mol. The van der Waals surface area contributed by atoms with Gasteiger partial charge in [-0.25, -0.2) is 0 Å². The summed E-state index contributed by atoms with van der Waals surface area (Å²) >= 11 is 12.5. The van der Waals surface area contributed by atoms with E-state index in [1.807, 2.05) is 0 Å². The molecule has 0 aliphatic carbocycles. The molecule has 13 heavy (non-hydrogen) atoms. The zero-order chi connectivity index (χ0) is 10.0. The van der Waals surface area contributed by atoms with Gasteiger partial charge in [-0.3, -0.25) is 9.00 Å². The molecule has 0 saturated carbocycles. The van der Waals surface area contributed by atoms with Crippen LogP contribution in [-0.2, 0) is 10.8 Å². The van der Waals surface area contributed by atoms with Crippen molar-refractivity contribution >= 4 is 51.1 Å². The fourth-order valence-electron chi connectivity index (χ4n) is 0.793. The van der Waals surface area contributed by atoms with E-state index in [0.29, 0.717) is 14.2 Å². The van der Waals surface area contributed by atoms with E-state index in [9.17, 15) is 9.00 Å². The Hall–Kier alpha value is 0.1000. The van der Waals surface area contributed by atoms with Crippen LogP contribution in [0.4, 0.5) is 0 Å². The Morgan fingerprint density at radius 1 is 1.62 bits per heavy atom. The molecule has 0 radical (unpaired) electrons. The van der Waals surface area contributed by atoms with Crippen LogP contribution in [0.1, 0.15) is 10.4 Å². The van der Waals surface area contributed by atoms with Crippen molar-refractivity contribution in [2.45, 2.75) is 0 Å². The van der Waals surface area contributed by atoms with E-state index >= 15 is 0 Å². The van der Waals surface area contributed by atoms with Crippen LogP contribution < -0.4 is 0 Å². The van der Waals surface area contributed by atoms with Gasteiger partial charge in [0, 0.05) is 22.6 Å². The minimum Gasteiger partial charge on any atom is -0.293 e. The highest BCUT2D eigenvalue weighted by molar-refractivity contribution is 7.85. The predicted octanol–water partition coefficient (Wildman–Crippen LogP) is 2.62. The molecule has 0 bridgehead atoms. The van der Waals surface area contributed by atoms with Crippen LogP contribution in [0, 0.1) is 0 Å². The molecule has 72 valence electrons. The first-order chi connectivity index (χ1) is 6.00. The maximum Gasteiger partial charge on any atom is 0.177 e. The fourth-order valence-corrected chi connectivity index (χ4v) is 2.82. The number of carbonyl (C=O) groups is 1. The smallest absolute Gasteiger partial charge is 0.177 e. The molecule has 1 atom stereocenters. The summed E-state index contributed by atoms with van der Waals surface area (Å²) in [6, 6.07) is 1.50. The summed E-state index contributed by atoms with van der Waals surface area (Å²) in [5.74, 6) is -0.235. The Morgan fingerprint density at radius 2 is 2.23 bits per heavy atom. The second-order valence-electron chi connectivity index (χ2n) is 2.38. The summed E-state index contributed by atoms with van der Waals surface area (Å²) in [5, 5.41) is 0. The SMILES string of the molecule is CS(=O)CC(=O)c1cc(Cl)sc1Cl. The van der Waals surface area contributed by atoms with Crippen molar-refractivity contribution in [1.82, 2.24) is 0 Å². The van der Waals surface area contributed by atoms with Crippen LogP contribution in [0.5, 0.6) is 0 Å². The van der Waals surface area contributed by atoms with Crippen LogP contribution in [0.3, 0.4) is 0 Å². The summed E-state index contributed by atoms with van der Waals surface area (Å²) in [7, 11) is -1.14.